The monoisotopic (exact) mass is 679 g/mol. The summed E-state index contributed by atoms with van der Waals surface area (Å²) in [6, 6.07) is 11.5. The molecule has 11 heteroatoms. The van der Waals surface area contributed by atoms with Gasteiger partial charge in [0.1, 0.15) is 11.5 Å². The number of hydrogen-bond donors (Lipinski definition) is 1. The summed E-state index contributed by atoms with van der Waals surface area (Å²) in [5.41, 5.74) is 5.17. The molecule has 3 heterocycles. The summed E-state index contributed by atoms with van der Waals surface area (Å²) in [5.74, 6) is 1.30. The van der Waals surface area contributed by atoms with Crippen LogP contribution in [0.3, 0.4) is 0 Å². The first kappa shape index (κ1) is 32.2. The molecule has 2 aromatic carbocycles. The highest BCUT2D eigenvalue weighted by Crippen LogP contribution is 2.47. The van der Waals surface area contributed by atoms with E-state index in [4.69, 9.17) is 25.6 Å². The molecule has 4 atom stereocenters. The lowest BCUT2D eigenvalue weighted by Crippen LogP contribution is -2.49. The number of fused-ring (bicyclic) bond motifs is 4. The Bertz CT molecular complexity index is 1790. The molecule has 1 spiro atoms. The van der Waals surface area contributed by atoms with Gasteiger partial charge in [0.2, 0.25) is 10.0 Å². The molecule has 1 amide bonds. The molecule has 47 heavy (non-hydrogen) atoms. The molecule has 1 aromatic heterocycles. The van der Waals surface area contributed by atoms with Crippen LogP contribution in [0.1, 0.15) is 77.0 Å². The van der Waals surface area contributed by atoms with E-state index in [0.717, 1.165) is 66.4 Å². The lowest BCUT2D eigenvalue weighted by atomic mass is 9.68. The van der Waals surface area contributed by atoms with Crippen LogP contribution in [0.25, 0.3) is 0 Å². The van der Waals surface area contributed by atoms with Gasteiger partial charge in [-0.3, -0.25) is 4.79 Å². The van der Waals surface area contributed by atoms with Gasteiger partial charge in [-0.25, -0.2) is 13.1 Å². The number of anilines is 1. The molecule has 1 saturated carbocycles. The van der Waals surface area contributed by atoms with Gasteiger partial charge < -0.3 is 18.9 Å². The number of allylic oxidation sites excluding steroid dienone is 1. The number of sulfonamides is 1. The van der Waals surface area contributed by atoms with Crippen molar-refractivity contribution in [2.24, 2.45) is 11.8 Å². The van der Waals surface area contributed by atoms with Crippen LogP contribution < -0.4 is 14.4 Å². The minimum Gasteiger partial charge on any atom is -0.490 e. The molecular weight excluding hydrogens is 638 g/mol. The summed E-state index contributed by atoms with van der Waals surface area (Å²) in [6.45, 7) is 6.20. The molecule has 250 valence electrons. The van der Waals surface area contributed by atoms with Crippen LogP contribution in [0.2, 0.25) is 5.02 Å². The van der Waals surface area contributed by atoms with Gasteiger partial charge >= 0.3 is 0 Å². The van der Waals surface area contributed by atoms with Crippen LogP contribution in [0.15, 0.2) is 53.1 Å². The third-order valence-electron chi connectivity index (χ3n) is 10.6. The maximum Gasteiger partial charge on any atom is 0.264 e. The molecule has 4 aliphatic rings. The summed E-state index contributed by atoms with van der Waals surface area (Å²) in [4.78, 5) is 15.7. The first-order chi connectivity index (χ1) is 22.6. The van der Waals surface area contributed by atoms with Crippen molar-refractivity contribution in [3.05, 3.63) is 87.3 Å². The highest BCUT2D eigenvalue weighted by Gasteiger charge is 2.44. The number of ether oxygens (including phenoxy) is 2. The van der Waals surface area contributed by atoms with Gasteiger partial charge in [-0.1, -0.05) is 35.0 Å². The van der Waals surface area contributed by atoms with Crippen molar-refractivity contribution >= 4 is 33.2 Å². The zero-order chi connectivity index (χ0) is 32.8. The van der Waals surface area contributed by atoms with E-state index in [1.54, 1.807) is 12.1 Å². The number of carbonyl (C=O) groups excluding carboxylic acids is 1. The SMILES string of the molecule is Cc1noc(C)c1CO[C@@H]1/C=C/CCCS(=O)(=O)NC(=O)c2ccc3c(c2)N(C[C@@H]2CC[C@H]21)C[C@@]1(CCCc2cc(Cl)ccc21)CO3. The first-order valence-electron chi connectivity index (χ1n) is 16.7. The van der Waals surface area contributed by atoms with Crippen molar-refractivity contribution in [2.75, 3.05) is 30.3 Å². The Labute approximate surface area is 281 Å². The van der Waals surface area contributed by atoms with Crippen molar-refractivity contribution in [1.29, 1.82) is 0 Å². The fourth-order valence-electron chi connectivity index (χ4n) is 7.87. The quantitative estimate of drug-likeness (QED) is 0.315. The lowest BCUT2D eigenvalue weighted by Gasteiger charge is -2.46. The van der Waals surface area contributed by atoms with Crippen molar-refractivity contribution in [3.63, 3.8) is 0 Å². The maximum absolute atomic E-state index is 13.3. The predicted octanol–water partition coefficient (Wildman–Crippen LogP) is 6.44. The molecular formula is C36H42ClN3O6S. The zero-order valence-corrected chi connectivity index (χ0v) is 28.5. The van der Waals surface area contributed by atoms with E-state index < -0.39 is 15.9 Å². The van der Waals surface area contributed by atoms with E-state index >= 15 is 0 Å². The van der Waals surface area contributed by atoms with Crippen molar-refractivity contribution in [2.45, 2.75) is 76.9 Å². The number of hydrogen-bond acceptors (Lipinski definition) is 8. The summed E-state index contributed by atoms with van der Waals surface area (Å²) >= 11 is 6.44. The number of aromatic nitrogens is 1. The molecule has 7 rings (SSSR count). The normalized spacial score (nSPS) is 27.9. The second-order valence-corrected chi connectivity index (χ2v) is 16.0. The molecule has 0 unspecified atom stereocenters. The Morgan fingerprint density at radius 3 is 2.81 bits per heavy atom. The second-order valence-electron chi connectivity index (χ2n) is 13.7. The predicted molar refractivity (Wildman–Crippen MR) is 181 cm³/mol. The summed E-state index contributed by atoms with van der Waals surface area (Å²) in [6.07, 6.45) is 10.0. The molecule has 2 aliphatic carbocycles. The van der Waals surface area contributed by atoms with E-state index in [9.17, 15) is 13.2 Å². The Morgan fingerprint density at radius 2 is 2.02 bits per heavy atom. The van der Waals surface area contributed by atoms with Gasteiger partial charge in [0.15, 0.2) is 0 Å². The van der Waals surface area contributed by atoms with Crippen LogP contribution in [-0.4, -0.2) is 51.0 Å². The van der Waals surface area contributed by atoms with Gasteiger partial charge in [-0.2, -0.15) is 0 Å². The van der Waals surface area contributed by atoms with Gasteiger partial charge in [-0.15, -0.1) is 0 Å². The first-order valence-corrected chi connectivity index (χ1v) is 18.7. The Morgan fingerprint density at radius 1 is 1.15 bits per heavy atom. The van der Waals surface area contributed by atoms with Crippen LogP contribution >= 0.6 is 11.6 Å². The number of amides is 1. The molecule has 9 nitrogen and oxygen atoms in total. The van der Waals surface area contributed by atoms with Gasteiger partial charge in [-0.05, 0) is 112 Å². The highest BCUT2D eigenvalue weighted by molar-refractivity contribution is 7.90. The average molecular weight is 680 g/mol. The van der Waals surface area contributed by atoms with E-state index in [1.165, 1.54) is 11.1 Å². The number of halogens is 1. The van der Waals surface area contributed by atoms with Crippen LogP contribution in [0, 0.1) is 25.7 Å². The number of aryl methyl sites for hydroxylation is 3. The topological polar surface area (TPSA) is 111 Å². The fourth-order valence-corrected chi connectivity index (χ4v) is 9.12. The highest BCUT2D eigenvalue weighted by atomic mass is 35.5. The van der Waals surface area contributed by atoms with Crippen molar-refractivity contribution < 1.29 is 27.2 Å². The van der Waals surface area contributed by atoms with Crippen molar-refractivity contribution in [1.82, 2.24) is 9.88 Å². The van der Waals surface area contributed by atoms with E-state index in [-0.39, 0.29) is 23.2 Å². The number of nitrogens with zero attached hydrogens (tertiary/aromatic N) is 2. The lowest BCUT2D eigenvalue weighted by molar-refractivity contribution is -0.0231. The molecule has 0 radical (unpaired) electrons. The minimum atomic E-state index is -3.82. The summed E-state index contributed by atoms with van der Waals surface area (Å²) < 4.78 is 46.7. The van der Waals surface area contributed by atoms with E-state index in [2.05, 4.69) is 33.0 Å². The van der Waals surface area contributed by atoms with Gasteiger partial charge in [0.05, 0.1) is 36.5 Å². The average Bonchev–Trinajstić information content (AvgIpc) is 3.26. The number of rotatable bonds is 3. The van der Waals surface area contributed by atoms with Crippen LogP contribution in [0.4, 0.5) is 5.69 Å². The number of nitrogens with one attached hydrogen (secondary N) is 1. The standard InChI is InChI=1S/C36H42ClN3O6S/c1-23-30(24(2)46-38-23)20-44-33-8-4-3-5-16-47(42,43)39-35(41)26-10-14-34-32(18-26)40(19-27-9-12-29(27)33)21-36(22-45-34)15-6-7-25-17-28(37)11-13-31(25)36/h4,8,10-11,13-14,17-18,27,29,33H,3,5-7,9,12,15-16,19-22H2,1-2H3,(H,39,41)/b8-4+/t27-,29+,33+,36-/m0/s1. The molecule has 0 saturated heterocycles. The minimum absolute atomic E-state index is 0.146. The molecule has 3 aromatic rings. The van der Waals surface area contributed by atoms with Crippen LogP contribution in [0.5, 0.6) is 5.75 Å². The number of benzene rings is 2. The van der Waals surface area contributed by atoms with Gasteiger partial charge in [0.25, 0.3) is 5.91 Å². The van der Waals surface area contributed by atoms with Gasteiger partial charge in [0, 0.05) is 34.7 Å². The molecule has 1 fully saturated rings. The Hall–Kier alpha value is -3.34. The third-order valence-corrected chi connectivity index (χ3v) is 12.2. The summed E-state index contributed by atoms with van der Waals surface area (Å²) in [7, 11) is -3.82. The second kappa shape index (κ2) is 12.9. The van der Waals surface area contributed by atoms with E-state index in [1.807, 2.05) is 32.1 Å². The smallest absolute Gasteiger partial charge is 0.264 e. The zero-order valence-electron chi connectivity index (χ0n) is 27.0. The summed E-state index contributed by atoms with van der Waals surface area (Å²) in [5, 5.41) is 4.84. The van der Waals surface area contributed by atoms with Crippen molar-refractivity contribution in [3.8, 4) is 5.75 Å². The fraction of sp³-hybridized carbons (Fsp3) is 0.500. The largest absolute Gasteiger partial charge is 0.490 e. The van der Waals surface area contributed by atoms with E-state index in [0.29, 0.717) is 49.8 Å². The Balaban J connectivity index is 1.26. The number of carbonyl (C=O) groups is 1. The molecule has 1 N–H and O–H groups in total. The molecule has 2 aliphatic heterocycles. The maximum atomic E-state index is 13.3. The third kappa shape index (κ3) is 6.56. The van der Waals surface area contributed by atoms with Crippen LogP contribution in [-0.2, 0) is 33.2 Å². The Kier molecular flexibility index (Phi) is 8.87. The molecule has 2 bridgehead atoms.